The summed E-state index contributed by atoms with van der Waals surface area (Å²) in [5.41, 5.74) is 2.75. The fourth-order valence-corrected chi connectivity index (χ4v) is 3.13. The van der Waals surface area contributed by atoms with Crippen molar-refractivity contribution in [3.63, 3.8) is 0 Å². The van der Waals surface area contributed by atoms with Gasteiger partial charge in [-0.2, -0.15) is 5.26 Å². The summed E-state index contributed by atoms with van der Waals surface area (Å²) in [5, 5.41) is 12.6. The van der Waals surface area contributed by atoms with Crippen LogP contribution < -0.4 is 10.1 Å². The SMILES string of the molecule is COc1cc(/C=C(\C#N)C(=O)Nc2cccc(Cl)c2)ccc1Cc1cccc(F)c1. The van der Waals surface area contributed by atoms with Crippen LogP contribution in [0.5, 0.6) is 5.75 Å². The Bertz CT molecular complexity index is 1150. The topological polar surface area (TPSA) is 62.1 Å². The third-order valence-corrected chi connectivity index (χ3v) is 4.59. The molecule has 3 rings (SSSR count). The molecule has 6 heteroatoms. The van der Waals surface area contributed by atoms with Crippen molar-refractivity contribution in [3.05, 3.63) is 99.8 Å². The summed E-state index contributed by atoms with van der Waals surface area (Å²) in [7, 11) is 1.54. The lowest BCUT2D eigenvalue weighted by Gasteiger charge is -2.10. The lowest BCUT2D eigenvalue weighted by atomic mass is 10.0. The van der Waals surface area contributed by atoms with Crippen molar-refractivity contribution in [2.75, 3.05) is 12.4 Å². The summed E-state index contributed by atoms with van der Waals surface area (Å²) < 4.78 is 18.9. The molecule has 0 aromatic heterocycles. The third-order valence-electron chi connectivity index (χ3n) is 4.35. The van der Waals surface area contributed by atoms with Crippen LogP contribution in [0.2, 0.25) is 5.02 Å². The Balaban J connectivity index is 1.82. The molecule has 0 saturated heterocycles. The minimum absolute atomic E-state index is 0.0603. The number of hydrogen-bond acceptors (Lipinski definition) is 3. The summed E-state index contributed by atoms with van der Waals surface area (Å²) in [6, 6.07) is 20.3. The Kier molecular flexibility index (Phi) is 6.84. The van der Waals surface area contributed by atoms with Crippen LogP contribution in [0.25, 0.3) is 6.08 Å². The van der Waals surface area contributed by atoms with E-state index in [0.717, 1.165) is 11.1 Å². The van der Waals surface area contributed by atoms with Crippen molar-refractivity contribution in [2.45, 2.75) is 6.42 Å². The van der Waals surface area contributed by atoms with Crippen molar-refractivity contribution in [3.8, 4) is 11.8 Å². The van der Waals surface area contributed by atoms with Crippen molar-refractivity contribution in [2.24, 2.45) is 0 Å². The first-order valence-corrected chi connectivity index (χ1v) is 9.46. The summed E-state index contributed by atoms with van der Waals surface area (Å²) in [5.74, 6) is -0.251. The normalized spacial score (nSPS) is 10.9. The maximum absolute atomic E-state index is 13.4. The zero-order valence-electron chi connectivity index (χ0n) is 16.2. The van der Waals surface area contributed by atoms with Crippen LogP contribution in [-0.4, -0.2) is 13.0 Å². The number of rotatable bonds is 6. The second-order valence-corrected chi connectivity index (χ2v) is 6.95. The van der Waals surface area contributed by atoms with Crippen molar-refractivity contribution < 1.29 is 13.9 Å². The molecule has 1 amide bonds. The van der Waals surface area contributed by atoms with Gasteiger partial charge in [0.2, 0.25) is 0 Å². The summed E-state index contributed by atoms with van der Waals surface area (Å²) in [6.45, 7) is 0. The number of amides is 1. The number of carbonyl (C=O) groups is 1. The third kappa shape index (κ3) is 5.47. The number of carbonyl (C=O) groups excluding carboxylic acids is 1. The molecule has 3 aromatic carbocycles. The lowest BCUT2D eigenvalue weighted by Crippen LogP contribution is -2.13. The van der Waals surface area contributed by atoms with E-state index in [2.05, 4.69) is 5.32 Å². The maximum atomic E-state index is 13.4. The average molecular weight is 421 g/mol. The largest absolute Gasteiger partial charge is 0.496 e. The van der Waals surface area contributed by atoms with E-state index in [4.69, 9.17) is 16.3 Å². The Hall–Kier alpha value is -3.62. The predicted molar refractivity (Wildman–Crippen MR) is 116 cm³/mol. The second-order valence-electron chi connectivity index (χ2n) is 6.51. The predicted octanol–water partition coefficient (Wildman–Crippen LogP) is 5.62. The van der Waals surface area contributed by atoms with Crippen LogP contribution in [0.15, 0.2) is 72.3 Å². The zero-order valence-corrected chi connectivity index (χ0v) is 16.9. The first-order valence-electron chi connectivity index (χ1n) is 9.08. The van der Waals surface area contributed by atoms with Gasteiger partial charge in [0.1, 0.15) is 23.2 Å². The first kappa shape index (κ1) is 21.1. The Labute approximate surface area is 179 Å². The number of methoxy groups -OCH3 is 1. The maximum Gasteiger partial charge on any atom is 0.266 e. The number of benzene rings is 3. The Morgan fingerprint density at radius 2 is 1.97 bits per heavy atom. The number of halogens is 2. The van der Waals surface area contributed by atoms with E-state index in [-0.39, 0.29) is 11.4 Å². The highest BCUT2D eigenvalue weighted by Crippen LogP contribution is 2.25. The highest BCUT2D eigenvalue weighted by molar-refractivity contribution is 6.31. The molecular weight excluding hydrogens is 403 g/mol. The van der Waals surface area contributed by atoms with E-state index in [1.165, 1.54) is 25.3 Å². The molecule has 30 heavy (non-hydrogen) atoms. The standard InChI is InChI=1S/C24H18ClFN2O2/c1-30-23-13-17(8-9-18(23)10-16-4-2-6-21(26)12-16)11-19(15-27)24(29)28-22-7-3-5-20(25)14-22/h2-9,11-14H,10H2,1H3,(H,28,29)/b19-11+. The van der Waals surface area contributed by atoms with Gasteiger partial charge in [0.25, 0.3) is 5.91 Å². The van der Waals surface area contributed by atoms with Crippen molar-refractivity contribution in [1.29, 1.82) is 5.26 Å². The van der Waals surface area contributed by atoms with Gasteiger partial charge in [-0.3, -0.25) is 4.79 Å². The van der Waals surface area contributed by atoms with Crippen LogP contribution in [0.4, 0.5) is 10.1 Å². The van der Waals surface area contributed by atoms with E-state index in [0.29, 0.717) is 28.4 Å². The molecule has 0 aliphatic carbocycles. The number of hydrogen-bond donors (Lipinski definition) is 1. The molecule has 0 aliphatic heterocycles. The van der Waals surface area contributed by atoms with Gasteiger partial charge in [0, 0.05) is 17.1 Å². The molecule has 4 nitrogen and oxygen atoms in total. The van der Waals surface area contributed by atoms with Gasteiger partial charge in [-0.1, -0.05) is 41.9 Å². The van der Waals surface area contributed by atoms with Gasteiger partial charge in [-0.05, 0) is 59.2 Å². The number of ether oxygens (including phenoxy) is 1. The van der Waals surface area contributed by atoms with E-state index in [1.807, 2.05) is 18.2 Å². The van der Waals surface area contributed by atoms with Crippen LogP contribution >= 0.6 is 11.6 Å². The highest BCUT2D eigenvalue weighted by Gasteiger charge is 2.11. The Morgan fingerprint density at radius 3 is 2.67 bits per heavy atom. The zero-order chi connectivity index (χ0) is 21.5. The molecular formula is C24H18ClFN2O2. The second kappa shape index (κ2) is 9.73. The summed E-state index contributed by atoms with van der Waals surface area (Å²) >= 11 is 5.92. The van der Waals surface area contributed by atoms with Crippen LogP contribution in [0.1, 0.15) is 16.7 Å². The van der Waals surface area contributed by atoms with Crippen LogP contribution in [0, 0.1) is 17.1 Å². The van der Waals surface area contributed by atoms with Crippen LogP contribution in [0.3, 0.4) is 0 Å². The molecule has 3 aromatic rings. The molecule has 0 heterocycles. The van der Waals surface area contributed by atoms with Gasteiger partial charge in [-0.25, -0.2) is 4.39 Å². The monoisotopic (exact) mass is 420 g/mol. The Morgan fingerprint density at radius 1 is 1.17 bits per heavy atom. The average Bonchev–Trinajstić information content (AvgIpc) is 2.72. The molecule has 0 saturated carbocycles. The minimum atomic E-state index is -0.539. The molecule has 1 N–H and O–H groups in total. The van der Waals surface area contributed by atoms with E-state index < -0.39 is 5.91 Å². The molecule has 0 atom stereocenters. The van der Waals surface area contributed by atoms with E-state index >= 15 is 0 Å². The molecule has 0 aliphatic rings. The molecule has 150 valence electrons. The molecule has 0 spiro atoms. The first-order chi connectivity index (χ1) is 14.5. The molecule has 0 radical (unpaired) electrons. The number of nitrogens with zero attached hydrogens (tertiary/aromatic N) is 1. The van der Waals surface area contributed by atoms with Crippen molar-refractivity contribution in [1.82, 2.24) is 0 Å². The van der Waals surface area contributed by atoms with Crippen LogP contribution in [-0.2, 0) is 11.2 Å². The van der Waals surface area contributed by atoms with Gasteiger partial charge < -0.3 is 10.1 Å². The van der Waals surface area contributed by atoms with Gasteiger partial charge in [0.05, 0.1) is 7.11 Å². The molecule has 0 unspecified atom stereocenters. The summed E-state index contributed by atoms with van der Waals surface area (Å²) in [4.78, 5) is 12.4. The van der Waals surface area contributed by atoms with Gasteiger partial charge >= 0.3 is 0 Å². The van der Waals surface area contributed by atoms with Crippen molar-refractivity contribution >= 4 is 29.3 Å². The fraction of sp³-hybridized carbons (Fsp3) is 0.0833. The van der Waals surface area contributed by atoms with Gasteiger partial charge in [-0.15, -0.1) is 0 Å². The smallest absolute Gasteiger partial charge is 0.266 e. The fourth-order valence-electron chi connectivity index (χ4n) is 2.94. The molecule has 0 bridgehead atoms. The quantitative estimate of drug-likeness (QED) is 0.415. The van der Waals surface area contributed by atoms with E-state index in [9.17, 15) is 14.4 Å². The number of nitrogens with one attached hydrogen (secondary N) is 1. The highest BCUT2D eigenvalue weighted by atomic mass is 35.5. The van der Waals surface area contributed by atoms with Gasteiger partial charge in [0.15, 0.2) is 0 Å². The number of anilines is 1. The van der Waals surface area contributed by atoms with E-state index in [1.54, 1.807) is 42.5 Å². The lowest BCUT2D eigenvalue weighted by molar-refractivity contribution is -0.112. The molecule has 0 fully saturated rings. The summed E-state index contributed by atoms with van der Waals surface area (Å²) in [6.07, 6.45) is 1.97. The number of nitriles is 1. The minimum Gasteiger partial charge on any atom is -0.496 e.